The normalized spacial score (nSPS) is 28.0. The molecule has 2 heterocycles. The molecule has 0 aromatic carbocycles. The molecule has 0 aliphatic carbocycles. The van der Waals surface area contributed by atoms with Crippen molar-refractivity contribution in [2.45, 2.75) is 37.6 Å². The summed E-state index contributed by atoms with van der Waals surface area (Å²) >= 11 is 0. The van der Waals surface area contributed by atoms with Gasteiger partial charge in [-0.15, -0.1) is 0 Å². The first kappa shape index (κ1) is 15.9. The number of hydrogen-bond acceptors (Lipinski definition) is 3. The molecule has 2 amide bonds. The molecule has 2 aliphatic heterocycles. The topological polar surface area (TPSA) is 81.1 Å². The van der Waals surface area contributed by atoms with Gasteiger partial charge in [0.25, 0.3) is 0 Å². The van der Waals surface area contributed by atoms with Crippen molar-refractivity contribution < 1.29 is 33.0 Å². The standard InChI is InChI=1S/C12H17F3N2O4/c13-12(14,15)7-1-3-16(4-2-7)11(21)17-6-8(18)5-9(17)10(19)20/h7-9,18H,1-6H2,(H,19,20). The lowest BCUT2D eigenvalue weighted by atomic mass is 9.96. The van der Waals surface area contributed by atoms with Crippen LogP contribution in [0.4, 0.5) is 18.0 Å². The predicted molar refractivity (Wildman–Crippen MR) is 64.5 cm³/mol. The van der Waals surface area contributed by atoms with E-state index in [1.165, 1.54) is 4.90 Å². The van der Waals surface area contributed by atoms with Crippen LogP contribution in [0.5, 0.6) is 0 Å². The number of amides is 2. The Morgan fingerprint density at radius 3 is 2.19 bits per heavy atom. The van der Waals surface area contributed by atoms with Crippen molar-refractivity contribution in [1.29, 1.82) is 0 Å². The number of alkyl halides is 3. The molecule has 2 fully saturated rings. The van der Waals surface area contributed by atoms with Crippen LogP contribution in [0.1, 0.15) is 19.3 Å². The van der Waals surface area contributed by atoms with Crippen LogP contribution in [0.2, 0.25) is 0 Å². The van der Waals surface area contributed by atoms with Crippen LogP contribution in [0.15, 0.2) is 0 Å². The zero-order chi connectivity index (χ0) is 15.8. The summed E-state index contributed by atoms with van der Waals surface area (Å²) in [7, 11) is 0. The summed E-state index contributed by atoms with van der Waals surface area (Å²) in [4.78, 5) is 25.5. The zero-order valence-electron chi connectivity index (χ0n) is 11.2. The van der Waals surface area contributed by atoms with Crippen molar-refractivity contribution in [1.82, 2.24) is 9.80 Å². The van der Waals surface area contributed by atoms with Gasteiger partial charge in [0.2, 0.25) is 0 Å². The molecule has 6 nitrogen and oxygen atoms in total. The highest BCUT2D eigenvalue weighted by Crippen LogP contribution is 2.34. The van der Waals surface area contributed by atoms with E-state index in [2.05, 4.69) is 0 Å². The number of halogens is 3. The van der Waals surface area contributed by atoms with Gasteiger partial charge < -0.3 is 20.0 Å². The van der Waals surface area contributed by atoms with E-state index < -0.39 is 36.2 Å². The van der Waals surface area contributed by atoms with Gasteiger partial charge in [0.05, 0.1) is 12.0 Å². The molecule has 120 valence electrons. The third-order valence-electron chi connectivity index (χ3n) is 4.04. The Morgan fingerprint density at radius 2 is 1.71 bits per heavy atom. The fourth-order valence-corrected chi connectivity index (χ4v) is 2.84. The number of β-amino-alcohol motifs (C(OH)–C–C–N with tert-alkyl or cyclic N) is 1. The largest absolute Gasteiger partial charge is 0.480 e. The van der Waals surface area contributed by atoms with Gasteiger partial charge >= 0.3 is 18.2 Å². The number of carboxylic acid groups (broad SMARTS) is 1. The maximum absolute atomic E-state index is 12.6. The maximum atomic E-state index is 12.6. The average Bonchev–Trinajstić information content (AvgIpc) is 2.79. The Morgan fingerprint density at radius 1 is 1.14 bits per heavy atom. The van der Waals surface area contributed by atoms with Crippen molar-refractivity contribution >= 4 is 12.0 Å². The number of urea groups is 1. The second-order valence-corrected chi connectivity index (χ2v) is 5.48. The fourth-order valence-electron chi connectivity index (χ4n) is 2.84. The highest BCUT2D eigenvalue weighted by atomic mass is 19.4. The number of likely N-dealkylation sites (tertiary alicyclic amines) is 2. The number of carboxylic acids is 1. The third-order valence-corrected chi connectivity index (χ3v) is 4.04. The van der Waals surface area contributed by atoms with E-state index in [4.69, 9.17) is 5.11 Å². The van der Waals surface area contributed by atoms with Crippen molar-refractivity contribution in [3.05, 3.63) is 0 Å². The minimum atomic E-state index is -4.26. The predicted octanol–water partition coefficient (Wildman–Crippen LogP) is 0.901. The Bertz CT molecular complexity index is 421. The van der Waals surface area contributed by atoms with E-state index in [-0.39, 0.29) is 38.9 Å². The van der Waals surface area contributed by atoms with Crippen LogP contribution in [0.25, 0.3) is 0 Å². The van der Waals surface area contributed by atoms with E-state index in [9.17, 15) is 27.9 Å². The van der Waals surface area contributed by atoms with Gasteiger partial charge in [-0.3, -0.25) is 0 Å². The highest BCUT2D eigenvalue weighted by Gasteiger charge is 2.44. The lowest BCUT2D eigenvalue weighted by Gasteiger charge is -2.36. The van der Waals surface area contributed by atoms with Crippen LogP contribution >= 0.6 is 0 Å². The minimum absolute atomic E-state index is 0.0536. The second kappa shape index (κ2) is 5.70. The summed E-state index contributed by atoms with van der Waals surface area (Å²) in [6.45, 7) is -0.209. The molecule has 0 spiro atoms. The summed E-state index contributed by atoms with van der Waals surface area (Å²) in [5.41, 5.74) is 0. The summed E-state index contributed by atoms with van der Waals surface area (Å²) in [5.74, 6) is -2.63. The number of nitrogens with zero attached hydrogens (tertiary/aromatic N) is 2. The van der Waals surface area contributed by atoms with Gasteiger partial charge in [-0.25, -0.2) is 9.59 Å². The first-order chi connectivity index (χ1) is 9.70. The van der Waals surface area contributed by atoms with Crippen molar-refractivity contribution in [3.63, 3.8) is 0 Å². The van der Waals surface area contributed by atoms with Gasteiger partial charge in [-0.1, -0.05) is 0 Å². The minimum Gasteiger partial charge on any atom is -0.480 e. The molecular weight excluding hydrogens is 293 g/mol. The molecule has 2 N–H and O–H groups in total. The van der Waals surface area contributed by atoms with Crippen molar-refractivity contribution in [3.8, 4) is 0 Å². The fraction of sp³-hybridized carbons (Fsp3) is 0.833. The van der Waals surface area contributed by atoms with Gasteiger partial charge in [0.1, 0.15) is 6.04 Å². The molecule has 2 unspecified atom stereocenters. The number of carbonyl (C=O) groups is 2. The van der Waals surface area contributed by atoms with Crippen LogP contribution in [0, 0.1) is 5.92 Å². The maximum Gasteiger partial charge on any atom is 0.391 e. The lowest BCUT2D eigenvalue weighted by molar-refractivity contribution is -0.183. The smallest absolute Gasteiger partial charge is 0.391 e. The molecule has 2 atom stereocenters. The van der Waals surface area contributed by atoms with E-state index in [0.717, 1.165) is 4.90 Å². The van der Waals surface area contributed by atoms with Crippen LogP contribution in [0.3, 0.4) is 0 Å². The number of hydrogen-bond donors (Lipinski definition) is 2. The molecule has 9 heteroatoms. The van der Waals surface area contributed by atoms with Crippen LogP contribution in [-0.4, -0.2) is 70.0 Å². The summed E-state index contributed by atoms with van der Waals surface area (Å²) < 4.78 is 37.7. The second-order valence-electron chi connectivity index (χ2n) is 5.48. The molecule has 2 saturated heterocycles. The quantitative estimate of drug-likeness (QED) is 0.754. The Balaban J connectivity index is 1.97. The molecule has 0 saturated carbocycles. The zero-order valence-corrected chi connectivity index (χ0v) is 11.2. The van der Waals surface area contributed by atoms with Gasteiger partial charge in [0.15, 0.2) is 0 Å². The lowest BCUT2D eigenvalue weighted by Crippen LogP contribution is -2.51. The van der Waals surface area contributed by atoms with Gasteiger partial charge in [-0.2, -0.15) is 13.2 Å². The van der Waals surface area contributed by atoms with E-state index in [0.29, 0.717) is 0 Å². The molecule has 0 radical (unpaired) electrons. The molecule has 0 aromatic rings. The highest BCUT2D eigenvalue weighted by molar-refractivity contribution is 5.83. The summed E-state index contributed by atoms with van der Waals surface area (Å²) in [6, 6.07) is -1.73. The van der Waals surface area contributed by atoms with Gasteiger partial charge in [-0.05, 0) is 12.8 Å². The number of aliphatic hydroxyl groups is 1. The van der Waals surface area contributed by atoms with Crippen molar-refractivity contribution in [2.24, 2.45) is 5.92 Å². The molecule has 0 bridgehead atoms. The number of piperidine rings is 1. The number of carbonyl (C=O) groups excluding carboxylic acids is 1. The monoisotopic (exact) mass is 310 g/mol. The number of aliphatic carboxylic acids is 1. The Hall–Kier alpha value is -1.51. The summed E-state index contributed by atoms with van der Waals surface area (Å²) in [5, 5.41) is 18.5. The first-order valence-electron chi connectivity index (χ1n) is 6.73. The molecule has 2 aliphatic rings. The Kier molecular flexibility index (Phi) is 4.31. The van der Waals surface area contributed by atoms with E-state index >= 15 is 0 Å². The molecular formula is C12H17F3N2O4. The Labute approximate surface area is 119 Å². The SMILES string of the molecule is O=C(O)C1CC(O)CN1C(=O)N1CCC(C(F)(F)F)CC1. The first-order valence-corrected chi connectivity index (χ1v) is 6.73. The molecule has 21 heavy (non-hydrogen) atoms. The van der Waals surface area contributed by atoms with Crippen LogP contribution < -0.4 is 0 Å². The van der Waals surface area contributed by atoms with Crippen LogP contribution in [-0.2, 0) is 4.79 Å². The number of rotatable bonds is 1. The third kappa shape index (κ3) is 3.39. The van der Waals surface area contributed by atoms with Gasteiger partial charge in [0, 0.05) is 26.1 Å². The van der Waals surface area contributed by atoms with E-state index in [1.54, 1.807) is 0 Å². The molecule has 0 aromatic heterocycles. The van der Waals surface area contributed by atoms with E-state index in [1.807, 2.05) is 0 Å². The number of aliphatic hydroxyl groups excluding tert-OH is 1. The van der Waals surface area contributed by atoms with Crippen molar-refractivity contribution in [2.75, 3.05) is 19.6 Å². The molecule has 2 rings (SSSR count). The summed E-state index contributed by atoms with van der Waals surface area (Å²) in [6.07, 6.45) is -5.59. The average molecular weight is 310 g/mol.